The number of pyridine rings is 1. The summed E-state index contributed by atoms with van der Waals surface area (Å²) in [6, 6.07) is 4.98. The van der Waals surface area contributed by atoms with Crippen LogP contribution in [0.3, 0.4) is 0 Å². The molecule has 2 nitrogen and oxygen atoms in total. The molecule has 2 rings (SSSR count). The van der Waals surface area contributed by atoms with Gasteiger partial charge in [0.2, 0.25) is 0 Å². The molecule has 0 atom stereocenters. The summed E-state index contributed by atoms with van der Waals surface area (Å²) in [5.41, 5.74) is 2.08. The van der Waals surface area contributed by atoms with Crippen molar-refractivity contribution in [1.29, 1.82) is 0 Å². The smallest absolute Gasteiger partial charge is 0.166 e. The summed E-state index contributed by atoms with van der Waals surface area (Å²) in [7, 11) is 0. The first kappa shape index (κ1) is 13.6. The molecule has 0 amide bonds. The van der Waals surface area contributed by atoms with Gasteiger partial charge >= 0.3 is 0 Å². The van der Waals surface area contributed by atoms with Crippen LogP contribution in [0.15, 0.2) is 30.6 Å². The van der Waals surface area contributed by atoms with Crippen molar-refractivity contribution in [3.63, 3.8) is 0 Å². The summed E-state index contributed by atoms with van der Waals surface area (Å²) in [4.78, 5) is 4.08. The van der Waals surface area contributed by atoms with E-state index in [-0.39, 0.29) is 5.56 Å². The van der Waals surface area contributed by atoms with Crippen molar-refractivity contribution >= 4 is 0 Å². The average molecular weight is 262 g/mol. The topological polar surface area (TPSA) is 24.9 Å². The Labute approximate surface area is 111 Å². The van der Waals surface area contributed by atoms with E-state index in [9.17, 15) is 8.78 Å². The monoisotopic (exact) mass is 262 g/mol. The number of nitrogens with zero attached hydrogens (tertiary/aromatic N) is 1. The van der Waals surface area contributed by atoms with Gasteiger partial charge in [-0.15, -0.1) is 0 Å². The van der Waals surface area contributed by atoms with Gasteiger partial charge in [0.25, 0.3) is 0 Å². The van der Waals surface area contributed by atoms with Gasteiger partial charge in [-0.05, 0) is 30.7 Å². The van der Waals surface area contributed by atoms with Gasteiger partial charge in [-0.1, -0.05) is 19.1 Å². The number of halogens is 2. The molecule has 0 fully saturated rings. The molecule has 0 spiro atoms. The van der Waals surface area contributed by atoms with Crippen molar-refractivity contribution in [2.24, 2.45) is 0 Å². The van der Waals surface area contributed by atoms with Crippen LogP contribution in [0.2, 0.25) is 0 Å². The Morgan fingerprint density at radius 3 is 2.68 bits per heavy atom. The Bertz CT molecular complexity index is 582. The lowest BCUT2D eigenvalue weighted by atomic mass is 10.0. The zero-order valence-corrected chi connectivity index (χ0v) is 11.0. The summed E-state index contributed by atoms with van der Waals surface area (Å²) >= 11 is 0. The maximum atomic E-state index is 13.9. The predicted octanol–water partition coefficient (Wildman–Crippen LogP) is 3.44. The van der Waals surface area contributed by atoms with Crippen LogP contribution < -0.4 is 5.32 Å². The van der Waals surface area contributed by atoms with E-state index >= 15 is 0 Å². The Hall–Kier alpha value is -1.81. The molecule has 100 valence electrons. The molecular formula is C15H16F2N2. The second-order valence-corrected chi connectivity index (χ2v) is 4.42. The lowest BCUT2D eigenvalue weighted by molar-refractivity contribution is 0.505. The van der Waals surface area contributed by atoms with Crippen LogP contribution in [-0.4, -0.2) is 11.5 Å². The summed E-state index contributed by atoms with van der Waals surface area (Å²) in [5, 5.41) is 3.17. The molecule has 1 N–H and O–H groups in total. The number of nitrogens with one attached hydrogen (secondary N) is 1. The third kappa shape index (κ3) is 2.96. The highest BCUT2D eigenvalue weighted by Crippen LogP contribution is 2.26. The van der Waals surface area contributed by atoms with Crippen LogP contribution in [0.1, 0.15) is 18.1 Å². The molecule has 0 aliphatic rings. The van der Waals surface area contributed by atoms with Crippen molar-refractivity contribution in [1.82, 2.24) is 10.3 Å². The fourth-order valence-corrected chi connectivity index (χ4v) is 1.87. The highest BCUT2D eigenvalue weighted by Gasteiger charge is 2.12. The number of rotatable bonds is 4. The second-order valence-electron chi connectivity index (χ2n) is 4.42. The molecule has 2 aromatic rings. The lowest BCUT2D eigenvalue weighted by Gasteiger charge is -2.08. The van der Waals surface area contributed by atoms with Gasteiger partial charge < -0.3 is 5.32 Å². The van der Waals surface area contributed by atoms with E-state index in [0.717, 1.165) is 12.1 Å². The molecule has 0 bridgehead atoms. The fourth-order valence-electron chi connectivity index (χ4n) is 1.87. The normalized spacial score (nSPS) is 10.7. The van der Waals surface area contributed by atoms with E-state index in [4.69, 9.17) is 0 Å². The molecular weight excluding hydrogens is 246 g/mol. The van der Waals surface area contributed by atoms with Crippen LogP contribution in [-0.2, 0) is 6.54 Å². The SMILES string of the molecule is CCNCc1cncc(-c2ccc(C)c(F)c2F)c1. The van der Waals surface area contributed by atoms with Gasteiger partial charge in [-0.3, -0.25) is 4.98 Å². The largest absolute Gasteiger partial charge is 0.313 e. The molecule has 0 saturated carbocycles. The minimum atomic E-state index is -0.817. The van der Waals surface area contributed by atoms with E-state index in [1.165, 1.54) is 0 Å². The van der Waals surface area contributed by atoms with Crippen LogP contribution in [0.25, 0.3) is 11.1 Å². The highest BCUT2D eigenvalue weighted by atomic mass is 19.2. The molecule has 1 aromatic carbocycles. The molecule has 1 aromatic heterocycles. The van der Waals surface area contributed by atoms with E-state index in [0.29, 0.717) is 17.7 Å². The van der Waals surface area contributed by atoms with Crippen LogP contribution in [0.4, 0.5) is 8.78 Å². The first-order chi connectivity index (χ1) is 9.13. The van der Waals surface area contributed by atoms with E-state index in [1.54, 1.807) is 31.5 Å². The maximum absolute atomic E-state index is 13.9. The molecule has 19 heavy (non-hydrogen) atoms. The average Bonchev–Trinajstić information content (AvgIpc) is 2.43. The summed E-state index contributed by atoms with van der Waals surface area (Å²) in [5.74, 6) is -1.61. The van der Waals surface area contributed by atoms with Crippen molar-refractivity contribution in [3.8, 4) is 11.1 Å². The Balaban J connectivity index is 2.39. The van der Waals surface area contributed by atoms with E-state index < -0.39 is 11.6 Å². The Morgan fingerprint density at radius 2 is 1.95 bits per heavy atom. The fraction of sp³-hybridized carbons (Fsp3) is 0.267. The van der Waals surface area contributed by atoms with Gasteiger partial charge in [0.1, 0.15) is 0 Å². The van der Waals surface area contributed by atoms with E-state index in [1.807, 2.05) is 13.0 Å². The zero-order chi connectivity index (χ0) is 13.8. The van der Waals surface area contributed by atoms with Gasteiger partial charge in [0.15, 0.2) is 11.6 Å². The zero-order valence-electron chi connectivity index (χ0n) is 11.0. The van der Waals surface area contributed by atoms with Crippen molar-refractivity contribution in [2.45, 2.75) is 20.4 Å². The summed E-state index contributed by atoms with van der Waals surface area (Å²) < 4.78 is 27.5. The number of hydrogen-bond donors (Lipinski definition) is 1. The number of benzene rings is 1. The van der Waals surface area contributed by atoms with Crippen molar-refractivity contribution in [3.05, 3.63) is 53.4 Å². The Kier molecular flexibility index (Phi) is 4.22. The number of aryl methyl sites for hydroxylation is 1. The first-order valence-electron chi connectivity index (χ1n) is 6.23. The predicted molar refractivity (Wildman–Crippen MR) is 71.7 cm³/mol. The summed E-state index contributed by atoms with van der Waals surface area (Å²) in [6.07, 6.45) is 3.26. The van der Waals surface area contributed by atoms with Gasteiger partial charge in [-0.25, -0.2) is 8.78 Å². The van der Waals surface area contributed by atoms with Crippen molar-refractivity contribution < 1.29 is 8.78 Å². The maximum Gasteiger partial charge on any atom is 0.166 e. The Morgan fingerprint density at radius 1 is 1.16 bits per heavy atom. The minimum absolute atomic E-state index is 0.244. The molecule has 0 radical (unpaired) electrons. The summed E-state index contributed by atoms with van der Waals surface area (Å²) in [6.45, 7) is 5.05. The van der Waals surface area contributed by atoms with Crippen LogP contribution >= 0.6 is 0 Å². The minimum Gasteiger partial charge on any atom is -0.313 e. The first-order valence-corrected chi connectivity index (χ1v) is 6.23. The van der Waals surface area contributed by atoms with Gasteiger partial charge in [0, 0.05) is 30.1 Å². The van der Waals surface area contributed by atoms with E-state index in [2.05, 4.69) is 10.3 Å². The molecule has 0 aliphatic carbocycles. The molecule has 0 saturated heterocycles. The lowest BCUT2D eigenvalue weighted by Crippen LogP contribution is -2.11. The van der Waals surface area contributed by atoms with Gasteiger partial charge in [-0.2, -0.15) is 0 Å². The highest BCUT2D eigenvalue weighted by molar-refractivity contribution is 5.64. The third-order valence-electron chi connectivity index (χ3n) is 2.96. The quantitative estimate of drug-likeness (QED) is 0.913. The standard InChI is InChI=1S/C15H16F2N2/c1-3-18-7-11-6-12(9-19-8-11)13-5-4-10(2)14(16)15(13)17/h4-6,8-9,18H,3,7H2,1-2H3. The van der Waals surface area contributed by atoms with Gasteiger partial charge in [0.05, 0.1) is 0 Å². The van der Waals surface area contributed by atoms with Crippen molar-refractivity contribution in [2.75, 3.05) is 6.54 Å². The second kappa shape index (κ2) is 5.89. The van der Waals surface area contributed by atoms with Crippen LogP contribution in [0.5, 0.6) is 0 Å². The molecule has 0 aliphatic heterocycles. The number of aromatic nitrogens is 1. The van der Waals surface area contributed by atoms with Crippen LogP contribution in [0, 0.1) is 18.6 Å². The molecule has 4 heteroatoms. The third-order valence-corrected chi connectivity index (χ3v) is 2.96. The molecule has 1 heterocycles. The number of hydrogen-bond acceptors (Lipinski definition) is 2. The molecule has 0 unspecified atom stereocenters.